The number of rotatable bonds is 10. The summed E-state index contributed by atoms with van der Waals surface area (Å²) in [4.78, 5) is 0. The van der Waals surface area contributed by atoms with Crippen LogP contribution in [0.2, 0.25) is 0 Å². The Morgan fingerprint density at radius 2 is 1.87 bits per heavy atom. The third-order valence-corrected chi connectivity index (χ3v) is 2.48. The molecule has 1 N–H and O–H groups in total. The summed E-state index contributed by atoms with van der Waals surface area (Å²) in [5, 5.41) is 3.49. The molecule has 0 aromatic rings. The summed E-state index contributed by atoms with van der Waals surface area (Å²) >= 11 is 0. The molecule has 0 aliphatic rings. The highest BCUT2D eigenvalue weighted by Crippen LogP contribution is 2.03. The molecule has 0 heterocycles. The Morgan fingerprint density at radius 3 is 2.40 bits per heavy atom. The maximum atomic E-state index is 5.71. The molecule has 0 bridgehead atoms. The second-order valence-corrected chi connectivity index (χ2v) is 3.74. The SMILES string of the molecule is CCCNC(CC)C(C)OCCOCC. The molecule has 3 heteroatoms. The lowest BCUT2D eigenvalue weighted by molar-refractivity contribution is -0.00126. The average molecular weight is 217 g/mol. The van der Waals surface area contributed by atoms with Crippen LogP contribution in [0.15, 0.2) is 0 Å². The molecule has 0 spiro atoms. The van der Waals surface area contributed by atoms with Crippen LogP contribution in [-0.4, -0.2) is 38.5 Å². The molecule has 2 unspecified atom stereocenters. The van der Waals surface area contributed by atoms with E-state index in [1.54, 1.807) is 0 Å². The van der Waals surface area contributed by atoms with Crippen LogP contribution in [-0.2, 0) is 9.47 Å². The van der Waals surface area contributed by atoms with Crippen molar-refractivity contribution in [1.82, 2.24) is 5.32 Å². The lowest BCUT2D eigenvalue weighted by Gasteiger charge is -2.24. The fraction of sp³-hybridized carbons (Fsp3) is 1.00. The van der Waals surface area contributed by atoms with Gasteiger partial charge in [-0.1, -0.05) is 13.8 Å². The Labute approximate surface area is 94.5 Å². The van der Waals surface area contributed by atoms with E-state index in [4.69, 9.17) is 9.47 Å². The minimum absolute atomic E-state index is 0.266. The lowest BCUT2D eigenvalue weighted by Crippen LogP contribution is -2.40. The summed E-state index contributed by atoms with van der Waals surface area (Å²) in [7, 11) is 0. The molecular formula is C12H27NO2. The molecule has 0 rings (SSSR count). The Balaban J connectivity index is 3.58. The van der Waals surface area contributed by atoms with Crippen molar-refractivity contribution in [2.45, 2.75) is 52.7 Å². The molecule has 92 valence electrons. The van der Waals surface area contributed by atoms with Crippen LogP contribution in [0, 0.1) is 0 Å². The molecule has 0 amide bonds. The van der Waals surface area contributed by atoms with Gasteiger partial charge in [-0.2, -0.15) is 0 Å². The van der Waals surface area contributed by atoms with E-state index in [2.05, 4.69) is 26.1 Å². The van der Waals surface area contributed by atoms with Gasteiger partial charge in [-0.05, 0) is 33.2 Å². The van der Waals surface area contributed by atoms with Gasteiger partial charge in [0.25, 0.3) is 0 Å². The molecule has 0 aliphatic heterocycles. The van der Waals surface area contributed by atoms with Crippen LogP contribution in [0.3, 0.4) is 0 Å². The second-order valence-electron chi connectivity index (χ2n) is 3.74. The summed E-state index contributed by atoms with van der Waals surface area (Å²) in [6.45, 7) is 11.7. The highest BCUT2D eigenvalue weighted by Gasteiger charge is 2.14. The van der Waals surface area contributed by atoms with E-state index in [0.717, 1.165) is 19.6 Å². The molecule has 3 nitrogen and oxygen atoms in total. The predicted octanol–water partition coefficient (Wildman–Crippen LogP) is 2.21. The van der Waals surface area contributed by atoms with E-state index >= 15 is 0 Å². The smallest absolute Gasteiger partial charge is 0.0704 e. The van der Waals surface area contributed by atoms with Crippen molar-refractivity contribution < 1.29 is 9.47 Å². The van der Waals surface area contributed by atoms with E-state index in [1.807, 2.05) is 6.92 Å². The van der Waals surface area contributed by atoms with E-state index < -0.39 is 0 Å². The van der Waals surface area contributed by atoms with Gasteiger partial charge in [0.2, 0.25) is 0 Å². The van der Waals surface area contributed by atoms with Crippen LogP contribution in [0.25, 0.3) is 0 Å². The van der Waals surface area contributed by atoms with Crippen molar-refractivity contribution >= 4 is 0 Å². The summed E-state index contributed by atoms with van der Waals surface area (Å²) in [5.41, 5.74) is 0. The first-order chi connectivity index (χ1) is 7.26. The molecule has 0 aliphatic carbocycles. The van der Waals surface area contributed by atoms with Crippen LogP contribution in [0.5, 0.6) is 0 Å². The minimum atomic E-state index is 0.266. The first-order valence-electron chi connectivity index (χ1n) is 6.18. The molecule has 0 saturated heterocycles. The van der Waals surface area contributed by atoms with Crippen LogP contribution in [0.4, 0.5) is 0 Å². The van der Waals surface area contributed by atoms with Crippen LogP contribution in [0.1, 0.15) is 40.5 Å². The third-order valence-electron chi connectivity index (χ3n) is 2.48. The zero-order chi connectivity index (χ0) is 11.5. The molecule has 0 radical (unpaired) electrons. The summed E-state index contributed by atoms with van der Waals surface area (Å²) in [5.74, 6) is 0. The lowest BCUT2D eigenvalue weighted by atomic mass is 10.1. The van der Waals surface area contributed by atoms with Gasteiger partial charge in [0.1, 0.15) is 0 Å². The molecule has 0 aromatic heterocycles. The topological polar surface area (TPSA) is 30.5 Å². The van der Waals surface area contributed by atoms with Crippen molar-refractivity contribution in [1.29, 1.82) is 0 Å². The van der Waals surface area contributed by atoms with Crippen molar-refractivity contribution in [3.05, 3.63) is 0 Å². The van der Waals surface area contributed by atoms with E-state index in [-0.39, 0.29) is 6.10 Å². The standard InChI is InChI=1S/C12H27NO2/c1-5-8-13-12(6-2)11(4)15-10-9-14-7-3/h11-13H,5-10H2,1-4H3. The van der Waals surface area contributed by atoms with Crippen LogP contribution < -0.4 is 5.32 Å². The normalized spacial score (nSPS) is 15.2. The van der Waals surface area contributed by atoms with Crippen molar-refractivity contribution in [2.24, 2.45) is 0 Å². The Hall–Kier alpha value is -0.120. The van der Waals surface area contributed by atoms with Crippen molar-refractivity contribution in [3.63, 3.8) is 0 Å². The number of ether oxygens (including phenoxy) is 2. The quantitative estimate of drug-likeness (QED) is 0.569. The van der Waals surface area contributed by atoms with Crippen molar-refractivity contribution in [3.8, 4) is 0 Å². The predicted molar refractivity (Wildman–Crippen MR) is 64.3 cm³/mol. The molecule has 15 heavy (non-hydrogen) atoms. The first-order valence-corrected chi connectivity index (χ1v) is 6.18. The Kier molecular flexibility index (Phi) is 10.3. The van der Waals surface area contributed by atoms with Gasteiger partial charge in [-0.3, -0.25) is 0 Å². The average Bonchev–Trinajstić information content (AvgIpc) is 2.25. The summed E-state index contributed by atoms with van der Waals surface area (Å²) in [6, 6.07) is 0.464. The van der Waals surface area contributed by atoms with Crippen LogP contribution >= 0.6 is 0 Å². The highest BCUT2D eigenvalue weighted by molar-refractivity contribution is 4.71. The fourth-order valence-corrected chi connectivity index (χ4v) is 1.53. The summed E-state index contributed by atoms with van der Waals surface area (Å²) in [6.07, 6.45) is 2.54. The van der Waals surface area contributed by atoms with Gasteiger partial charge in [-0.25, -0.2) is 0 Å². The molecule has 2 atom stereocenters. The van der Waals surface area contributed by atoms with Gasteiger partial charge in [0, 0.05) is 12.6 Å². The van der Waals surface area contributed by atoms with Gasteiger partial charge < -0.3 is 14.8 Å². The number of hydrogen-bond acceptors (Lipinski definition) is 3. The van der Waals surface area contributed by atoms with Gasteiger partial charge >= 0.3 is 0 Å². The molecule has 0 saturated carbocycles. The third kappa shape index (κ3) is 7.77. The van der Waals surface area contributed by atoms with E-state index in [1.165, 1.54) is 6.42 Å². The monoisotopic (exact) mass is 217 g/mol. The fourth-order valence-electron chi connectivity index (χ4n) is 1.53. The maximum Gasteiger partial charge on any atom is 0.0704 e. The zero-order valence-corrected chi connectivity index (χ0v) is 10.7. The van der Waals surface area contributed by atoms with Crippen molar-refractivity contribution in [2.75, 3.05) is 26.4 Å². The molecule has 0 aromatic carbocycles. The zero-order valence-electron chi connectivity index (χ0n) is 10.7. The second kappa shape index (κ2) is 10.4. The number of nitrogens with one attached hydrogen (secondary N) is 1. The molecule has 0 fully saturated rings. The summed E-state index contributed by atoms with van der Waals surface area (Å²) < 4.78 is 10.9. The van der Waals surface area contributed by atoms with Gasteiger partial charge in [0.05, 0.1) is 19.3 Å². The highest BCUT2D eigenvalue weighted by atomic mass is 16.5. The van der Waals surface area contributed by atoms with Gasteiger partial charge in [0.15, 0.2) is 0 Å². The largest absolute Gasteiger partial charge is 0.379 e. The number of hydrogen-bond donors (Lipinski definition) is 1. The van der Waals surface area contributed by atoms with E-state index in [9.17, 15) is 0 Å². The maximum absolute atomic E-state index is 5.71. The first kappa shape index (κ1) is 14.9. The van der Waals surface area contributed by atoms with Gasteiger partial charge in [-0.15, -0.1) is 0 Å². The van der Waals surface area contributed by atoms with E-state index in [0.29, 0.717) is 19.3 Å². The Bertz CT molecular complexity index is 131. The molecular weight excluding hydrogens is 190 g/mol. The Morgan fingerprint density at radius 1 is 1.13 bits per heavy atom. The minimum Gasteiger partial charge on any atom is -0.379 e.